The number of pyridine rings is 1. The van der Waals surface area contributed by atoms with Gasteiger partial charge < -0.3 is 15.0 Å². The van der Waals surface area contributed by atoms with Crippen LogP contribution < -0.4 is 15.6 Å². The highest BCUT2D eigenvalue weighted by Gasteiger charge is 2.06. The fourth-order valence-electron chi connectivity index (χ4n) is 2.13. The lowest BCUT2D eigenvalue weighted by Gasteiger charge is -2.11. The molecule has 4 nitrogen and oxygen atoms in total. The van der Waals surface area contributed by atoms with Crippen molar-refractivity contribution in [2.45, 2.75) is 46.4 Å². The number of benzene rings is 1. The molecule has 2 aromatic rings. The van der Waals surface area contributed by atoms with E-state index >= 15 is 0 Å². The molecule has 1 aromatic heterocycles. The number of hydrogen-bond donors (Lipinski definition) is 2. The molecule has 0 aliphatic carbocycles. The highest BCUT2D eigenvalue weighted by atomic mass is 16.5. The van der Waals surface area contributed by atoms with E-state index in [1.54, 1.807) is 0 Å². The van der Waals surface area contributed by atoms with E-state index in [0.717, 1.165) is 22.6 Å². The summed E-state index contributed by atoms with van der Waals surface area (Å²) < 4.78 is 5.69. The molecule has 0 saturated carbocycles. The number of nitrogens with one attached hydrogen (secondary N) is 2. The van der Waals surface area contributed by atoms with Crippen LogP contribution in [0.4, 0.5) is 0 Å². The summed E-state index contributed by atoms with van der Waals surface area (Å²) in [5, 5.41) is 3.25. The molecule has 0 spiro atoms. The Morgan fingerprint density at radius 2 is 1.91 bits per heavy atom. The third-order valence-corrected chi connectivity index (χ3v) is 3.21. The Kier molecular flexibility index (Phi) is 5.39. The summed E-state index contributed by atoms with van der Waals surface area (Å²) in [5.74, 6) is 0.805. The number of ether oxygens (including phenoxy) is 1. The quantitative estimate of drug-likeness (QED) is 0.860. The minimum absolute atomic E-state index is 0.0548. The molecule has 118 valence electrons. The molecule has 0 aliphatic rings. The number of rotatable bonds is 6. The van der Waals surface area contributed by atoms with E-state index in [1.165, 1.54) is 0 Å². The van der Waals surface area contributed by atoms with Crippen LogP contribution in [-0.2, 0) is 6.54 Å². The van der Waals surface area contributed by atoms with E-state index in [-0.39, 0.29) is 11.7 Å². The molecule has 0 aliphatic heterocycles. The van der Waals surface area contributed by atoms with Gasteiger partial charge in [-0.05, 0) is 32.0 Å². The minimum Gasteiger partial charge on any atom is -0.491 e. The summed E-state index contributed by atoms with van der Waals surface area (Å²) in [7, 11) is 0. The highest BCUT2D eigenvalue weighted by Crippen LogP contribution is 2.22. The molecule has 4 heteroatoms. The monoisotopic (exact) mass is 300 g/mol. The van der Waals surface area contributed by atoms with Crippen molar-refractivity contribution in [1.82, 2.24) is 10.3 Å². The summed E-state index contributed by atoms with van der Waals surface area (Å²) in [5.41, 5.74) is 2.43. The molecular weight excluding hydrogens is 276 g/mol. The summed E-state index contributed by atoms with van der Waals surface area (Å²) in [6, 6.07) is 11.9. The number of aromatic amines is 1. The average molecular weight is 300 g/mol. The molecule has 1 aromatic carbocycles. The van der Waals surface area contributed by atoms with Gasteiger partial charge in [-0.15, -0.1) is 0 Å². The van der Waals surface area contributed by atoms with E-state index in [4.69, 9.17) is 4.74 Å². The molecule has 0 atom stereocenters. The van der Waals surface area contributed by atoms with Crippen LogP contribution in [0.3, 0.4) is 0 Å². The minimum atomic E-state index is -0.0548. The lowest BCUT2D eigenvalue weighted by Crippen LogP contribution is -2.26. The second-order valence-corrected chi connectivity index (χ2v) is 5.96. The van der Waals surface area contributed by atoms with Gasteiger partial charge in [-0.25, -0.2) is 0 Å². The maximum Gasteiger partial charge on any atom is 0.252 e. The normalized spacial score (nSPS) is 11.2. The number of hydrogen-bond acceptors (Lipinski definition) is 3. The molecular formula is C18H24N2O2. The molecule has 2 N–H and O–H groups in total. The van der Waals surface area contributed by atoms with Gasteiger partial charge in [0.25, 0.3) is 5.56 Å². The Bertz CT molecular complexity index is 675. The van der Waals surface area contributed by atoms with Gasteiger partial charge in [0.05, 0.1) is 6.10 Å². The second kappa shape index (κ2) is 7.27. The van der Waals surface area contributed by atoms with Crippen molar-refractivity contribution in [2.24, 2.45) is 0 Å². The lowest BCUT2D eigenvalue weighted by molar-refractivity contribution is 0.242. The Labute approximate surface area is 131 Å². The fraction of sp³-hybridized carbons (Fsp3) is 0.389. The van der Waals surface area contributed by atoms with Gasteiger partial charge in [-0.3, -0.25) is 4.79 Å². The van der Waals surface area contributed by atoms with Crippen LogP contribution in [0, 0.1) is 0 Å². The zero-order valence-electron chi connectivity index (χ0n) is 13.6. The Morgan fingerprint density at radius 1 is 1.14 bits per heavy atom. The van der Waals surface area contributed by atoms with Crippen molar-refractivity contribution in [1.29, 1.82) is 0 Å². The second-order valence-electron chi connectivity index (χ2n) is 5.96. The molecule has 22 heavy (non-hydrogen) atoms. The van der Waals surface area contributed by atoms with Crippen molar-refractivity contribution in [3.05, 3.63) is 52.3 Å². The Hall–Kier alpha value is -2.07. The standard InChI is InChI=1S/C18H24N2O2/c1-12(2)19-11-15-8-9-17(20-18(15)21)14-6-5-7-16(10-14)22-13(3)4/h5-10,12-13,19H,11H2,1-4H3,(H,20,21). The summed E-state index contributed by atoms with van der Waals surface area (Å²) in [6.45, 7) is 8.67. The van der Waals surface area contributed by atoms with Crippen molar-refractivity contribution in [3.63, 3.8) is 0 Å². The third-order valence-electron chi connectivity index (χ3n) is 3.21. The number of H-pyrrole nitrogens is 1. The maximum absolute atomic E-state index is 12.2. The van der Waals surface area contributed by atoms with Gasteiger partial charge >= 0.3 is 0 Å². The summed E-state index contributed by atoms with van der Waals surface area (Å²) in [6.07, 6.45) is 0.124. The molecule has 2 rings (SSSR count). The first kappa shape index (κ1) is 16.3. The van der Waals surface area contributed by atoms with Gasteiger partial charge in [0.15, 0.2) is 0 Å². The molecule has 0 bridgehead atoms. The Morgan fingerprint density at radius 3 is 2.55 bits per heavy atom. The van der Waals surface area contributed by atoms with Crippen molar-refractivity contribution in [2.75, 3.05) is 0 Å². The molecule has 1 heterocycles. The van der Waals surface area contributed by atoms with Crippen LogP contribution >= 0.6 is 0 Å². The predicted molar refractivity (Wildman–Crippen MR) is 90.2 cm³/mol. The zero-order valence-corrected chi connectivity index (χ0v) is 13.6. The van der Waals surface area contributed by atoms with E-state index in [9.17, 15) is 4.79 Å². The van der Waals surface area contributed by atoms with Gasteiger partial charge in [0, 0.05) is 29.4 Å². The Balaban J connectivity index is 2.23. The van der Waals surface area contributed by atoms with Crippen molar-refractivity contribution >= 4 is 0 Å². The van der Waals surface area contributed by atoms with Crippen LogP contribution in [0.15, 0.2) is 41.2 Å². The third kappa shape index (κ3) is 4.46. The van der Waals surface area contributed by atoms with Gasteiger partial charge in [-0.1, -0.05) is 32.0 Å². The molecule has 0 fully saturated rings. The summed E-state index contributed by atoms with van der Waals surface area (Å²) >= 11 is 0. The van der Waals surface area contributed by atoms with E-state index in [1.807, 2.05) is 50.2 Å². The van der Waals surface area contributed by atoms with Crippen LogP contribution in [0.25, 0.3) is 11.3 Å². The highest BCUT2D eigenvalue weighted by molar-refractivity contribution is 5.61. The van der Waals surface area contributed by atoms with E-state index < -0.39 is 0 Å². The van der Waals surface area contributed by atoms with Crippen molar-refractivity contribution < 1.29 is 4.74 Å². The topological polar surface area (TPSA) is 54.1 Å². The first-order chi connectivity index (χ1) is 10.5. The van der Waals surface area contributed by atoms with Crippen LogP contribution in [0.5, 0.6) is 5.75 Å². The van der Waals surface area contributed by atoms with Crippen LogP contribution in [-0.4, -0.2) is 17.1 Å². The van der Waals surface area contributed by atoms with Gasteiger partial charge in [-0.2, -0.15) is 0 Å². The maximum atomic E-state index is 12.2. The van der Waals surface area contributed by atoms with Gasteiger partial charge in [0.1, 0.15) is 5.75 Å². The SMILES string of the molecule is CC(C)NCc1ccc(-c2cccc(OC(C)C)c2)[nH]c1=O. The zero-order chi connectivity index (χ0) is 16.1. The van der Waals surface area contributed by atoms with E-state index in [2.05, 4.69) is 24.1 Å². The fourth-order valence-corrected chi connectivity index (χ4v) is 2.13. The van der Waals surface area contributed by atoms with Gasteiger partial charge in [0.2, 0.25) is 0 Å². The van der Waals surface area contributed by atoms with Crippen molar-refractivity contribution in [3.8, 4) is 17.0 Å². The van der Waals surface area contributed by atoms with Crippen LogP contribution in [0.1, 0.15) is 33.3 Å². The molecule has 0 saturated heterocycles. The van der Waals surface area contributed by atoms with E-state index in [0.29, 0.717) is 12.6 Å². The first-order valence-electron chi connectivity index (χ1n) is 7.68. The number of aromatic nitrogens is 1. The summed E-state index contributed by atoms with van der Waals surface area (Å²) in [4.78, 5) is 15.1. The molecule has 0 unspecified atom stereocenters. The molecule has 0 radical (unpaired) electrons. The molecule has 0 amide bonds. The smallest absolute Gasteiger partial charge is 0.252 e. The van der Waals surface area contributed by atoms with Crippen LogP contribution in [0.2, 0.25) is 0 Å². The predicted octanol–water partition coefficient (Wildman–Crippen LogP) is 3.33. The average Bonchev–Trinajstić information content (AvgIpc) is 2.45. The first-order valence-corrected chi connectivity index (χ1v) is 7.68. The lowest BCUT2D eigenvalue weighted by atomic mass is 10.1. The largest absolute Gasteiger partial charge is 0.491 e.